The van der Waals surface area contributed by atoms with Crippen LogP contribution in [0.3, 0.4) is 0 Å². The fraction of sp³-hybridized carbons (Fsp3) is 0.111. The topological polar surface area (TPSA) is 64.8 Å². The van der Waals surface area contributed by atoms with Crippen molar-refractivity contribution in [3.63, 3.8) is 0 Å². The Bertz CT molecular complexity index is 961. The number of nitrogens with zero attached hydrogens (tertiary/aromatic N) is 2. The zero-order valence-corrected chi connectivity index (χ0v) is 12.7. The van der Waals surface area contributed by atoms with E-state index in [4.69, 9.17) is 9.15 Å². The lowest BCUT2D eigenvalue weighted by atomic mass is 10.2. The Morgan fingerprint density at radius 3 is 2.70 bits per heavy atom. The first-order valence-electron chi connectivity index (χ1n) is 7.55. The fourth-order valence-corrected chi connectivity index (χ4v) is 2.63. The van der Waals surface area contributed by atoms with Gasteiger partial charge in [-0.25, -0.2) is 4.98 Å². The van der Waals surface area contributed by atoms with Crippen molar-refractivity contribution in [3.8, 4) is 5.75 Å². The molecule has 5 nitrogen and oxygen atoms in total. The monoisotopic (exact) mass is 306 g/mol. The van der Waals surface area contributed by atoms with E-state index < -0.39 is 0 Å². The van der Waals surface area contributed by atoms with Crippen molar-refractivity contribution in [2.24, 2.45) is 0 Å². The van der Waals surface area contributed by atoms with Crippen molar-refractivity contribution >= 4 is 33.6 Å². The van der Waals surface area contributed by atoms with Crippen LogP contribution in [0.5, 0.6) is 5.75 Å². The lowest BCUT2D eigenvalue weighted by Crippen LogP contribution is -2.71. The number of hydrogen-bond acceptors (Lipinski definition) is 4. The maximum Gasteiger partial charge on any atom is 0.276 e. The van der Waals surface area contributed by atoms with Crippen LogP contribution < -0.4 is 10.1 Å². The molecule has 4 aromatic rings. The first kappa shape index (κ1) is 13.7. The molecule has 0 aliphatic carbocycles. The highest BCUT2D eigenvalue weighted by Crippen LogP contribution is 2.28. The molecule has 2 heterocycles. The van der Waals surface area contributed by atoms with Gasteiger partial charge in [0, 0.05) is 17.5 Å². The van der Waals surface area contributed by atoms with Crippen LogP contribution in [0.2, 0.25) is 0 Å². The number of nitrogens with two attached hydrogens (primary N) is 1. The molecule has 5 heteroatoms. The van der Waals surface area contributed by atoms with Crippen molar-refractivity contribution < 1.29 is 14.5 Å². The van der Waals surface area contributed by atoms with Crippen LogP contribution in [-0.4, -0.2) is 16.6 Å². The fourth-order valence-electron chi connectivity index (χ4n) is 2.63. The summed E-state index contributed by atoms with van der Waals surface area (Å²) in [5, 5.41) is 2.99. The molecule has 0 bridgehead atoms. The van der Waals surface area contributed by atoms with Crippen molar-refractivity contribution in [1.29, 1.82) is 0 Å². The highest BCUT2D eigenvalue weighted by Gasteiger charge is 2.16. The smallest absolute Gasteiger partial charge is 0.276 e. The average molecular weight is 306 g/mol. The molecule has 0 amide bonds. The Hall–Kier alpha value is -2.92. The second-order valence-electron chi connectivity index (χ2n) is 5.18. The van der Waals surface area contributed by atoms with Gasteiger partial charge in [-0.3, -0.25) is 5.32 Å². The Labute approximate surface area is 132 Å². The molecule has 0 atom stereocenters. The van der Waals surface area contributed by atoms with Gasteiger partial charge in [-0.15, -0.1) is 0 Å². The molecule has 0 aliphatic heterocycles. The molecule has 0 radical (unpaired) electrons. The van der Waals surface area contributed by atoms with Gasteiger partial charge in [0.25, 0.3) is 5.82 Å². The summed E-state index contributed by atoms with van der Waals surface area (Å²) < 4.78 is 11.4. The Balaban J connectivity index is 1.73. The third-order valence-corrected chi connectivity index (χ3v) is 3.68. The van der Waals surface area contributed by atoms with E-state index in [9.17, 15) is 0 Å². The summed E-state index contributed by atoms with van der Waals surface area (Å²) in [6.45, 7) is 2.63. The summed E-state index contributed by atoms with van der Waals surface area (Å²) in [7, 11) is 0. The number of hydrogen-bond donors (Lipinski definition) is 1. The second kappa shape index (κ2) is 5.70. The number of benzene rings is 2. The van der Waals surface area contributed by atoms with Crippen LogP contribution >= 0.6 is 0 Å². The third kappa shape index (κ3) is 2.51. The van der Waals surface area contributed by atoms with E-state index in [1.807, 2.05) is 60.8 Å². The molecule has 0 saturated heterocycles. The number of fused-ring (bicyclic) bond motifs is 3. The molecule has 2 N–H and O–H groups in total. The molecule has 2 aromatic heterocycles. The van der Waals surface area contributed by atoms with Gasteiger partial charge in [0.2, 0.25) is 5.58 Å². The quantitative estimate of drug-likeness (QED) is 0.588. The van der Waals surface area contributed by atoms with Gasteiger partial charge in [-0.1, -0.05) is 12.1 Å². The summed E-state index contributed by atoms with van der Waals surface area (Å²) in [6, 6.07) is 15.8. The maximum atomic E-state index is 5.94. The van der Waals surface area contributed by atoms with E-state index in [1.54, 1.807) is 6.33 Å². The standard InChI is InChI=1S/C18H15N3O2/c1-2-22-13-9-7-12(8-10-13)21-18-17-16(19-11-20-18)14-5-3-4-6-15(14)23-17/h3-11H,2H2,1H3,(H,19,20,21)/p+1. The Kier molecular flexibility index (Phi) is 3.40. The Morgan fingerprint density at radius 1 is 1.04 bits per heavy atom. The zero-order chi connectivity index (χ0) is 15.6. The number of para-hydroxylation sites is 1. The van der Waals surface area contributed by atoms with Gasteiger partial charge in [0.15, 0.2) is 0 Å². The molecule has 0 aliphatic rings. The van der Waals surface area contributed by atoms with Crippen molar-refractivity contribution in [3.05, 3.63) is 54.9 Å². The summed E-state index contributed by atoms with van der Waals surface area (Å²) in [4.78, 5) is 8.73. The molecule has 0 unspecified atom stereocenters. The first-order valence-corrected chi connectivity index (χ1v) is 7.55. The summed E-state index contributed by atoms with van der Waals surface area (Å²) >= 11 is 0. The summed E-state index contributed by atoms with van der Waals surface area (Å²) in [5.74, 6) is 1.64. The van der Waals surface area contributed by atoms with E-state index in [2.05, 4.69) is 9.97 Å². The van der Waals surface area contributed by atoms with E-state index >= 15 is 0 Å². The summed E-state index contributed by atoms with van der Waals surface area (Å²) in [5.41, 5.74) is 3.41. The summed E-state index contributed by atoms with van der Waals surface area (Å²) in [6.07, 6.45) is 1.57. The SMILES string of the molecule is CCOc1ccc([NH2+]c2ncnc3c2oc2ccccc23)cc1. The Morgan fingerprint density at radius 2 is 1.87 bits per heavy atom. The van der Waals surface area contributed by atoms with Gasteiger partial charge in [-0.05, 0) is 31.2 Å². The molecule has 4 rings (SSSR count). The predicted molar refractivity (Wildman–Crippen MR) is 88.2 cm³/mol. The van der Waals surface area contributed by atoms with E-state index in [0.29, 0.717) is 12.2 Å². The van der Waals surface area contributed by atoms with Gasteiger partial charge >= 0.3 is 0 Å². The van der Waals surface area contributed by atoms with E-state index in [0.717, 1.165) is 33.7 Å². The van der Waals surface area contributed by atoms with Crippen LogP contribution in [0.15, 0.2) is 59.3 Å². The minimum atomic E-state index is 0.661. The number of rotatable bonds is 4. The minimum Gasteiger partial charge on any atom is -0.494 e. The first-order chi connectivity index (χ1) is 11.3. The molecular weight excluding hydrogens is 290 g/mol. The average Bonchev–Trinajstić information content (AvgIpc) is 2.97. The minimum absolute atomic E-state index is 0.661. The van der Waals surface area contributed by atoms with Crippen molar-refractivity contribution in [2.45, 2.75) is 6.92 Å². The van der Waals surface area contributed by atoms with Crippen LogP contribution in [0.1, 0.15) is 6.92 Å². The van der Waals surface area contributed by atoms with Crippen LogP contribution in [0.4, 0.5) is 11.5 Å². The second-order valence-corrected chi connectivity index (χ2v) is 5.18. The highest BCUT2D eigenvalue weighted by molar-refractivity contribution is 6.04. The van der Waals surface area contributed by atoms with Crippen LogP contribution in [0.25, 0.3) is 22.1 Å². The molecular formula is C18H16N3O2+. The molecule has 0 saturated carbocycles. The number of aromatic nitrogens is 2. The highest BCUT2D eigenvalue weighted by atomic mass is 16.5. The van der Waals surface area contributed by atoms with Gasteiger partial charge in [-0.2, -0.15) is 4.98 Å². The van der Waals surface area contributed by atoms with Crippen molar-refractivity contribution in [1.82, 2.24) is 9.97 Å². The molecule has 2 aromatic carbocycles. The predicted octanol–water partition coefficient (Wildman–Crippen LogP) is 3.30. The zero-order valence-electron chi connectivity index (χ0n) is 12.7. The van der Waals surface area contributed by atoms with E-state index in [1.165, 1.54) is 0 Å². The lowest BCUT2D eigenvalue weighted by molar-refractivity contribution is -0.481. The van der Waals surface area contributed by atoms with Crippen molar-refractivity contribution in [2.75, 3.05) is 6.61 Å². The largest absolute Gasteiger partial charge is 0.494 e. The maximum absolute atomic E-state index is 5.94. The van der Waals surface area contributed by atoms with Gasteiger partial charge in [0.1, 0.15) is 28.9 Å². The lowest BCUT2D eigenvalue weighted by Gasteiger charge is -2.03. The number of ether oxygens (including phenoxy) is 1. The van der Waals surface area contributed by atoms with E-state index in [-0.39, 0.29) is 0 Å². The van der Waals surface area contributed by atoms with Gasteiger partial charge < -0.3 is 9.15 Å². The van der Waals surface area contributed by atoms with Crippen LogP contribution in [0, 0.1) is 0 Å². The normalized spacial score (nSPS) is 11.2. The molecule has 114 valence electrons. The molecule has 0 fully saturated rings. The molecule has 0 spiro atoms. The molecule has 23 heavy (non-hydrogen) atoms. The number of quaternary nitrogens is 1. The van der Waals surface area contributed by atoms with Crippen LogP contribution in [-0.2, 0) is 0 Å². The van der Waals surface area contributed by atoms with Gasteiger partial charge in [0.05, 0.1) is 6.61 Å². The number of furan rings is 1. The third-order valence-electron chi connectivity index (χ3n) is 3.68.